The second-order valence-corrected chi connectivity index (χ2v) is 6.97. The fourth-order valence-corrected chi connectivity index (χ4v) is 4.18. The Morgan fingerprint density at radius 1 is 1.10 bits per heavy atom. The monoisotopic (exact) mass is 289 g/mol. The van der Waals surface area contributed by atoms with Gasteiger partial charge in [0.1, 0.15) is 18.0 Å². The van der Waals surface area contributed by atoms with Crippen molar-refractivity contribution >= 4 is 0 Å². The fourth-order valence-electron chi connectivity index (χ4n) is 4.18. The molecule has 1 aromatic rings. The number of hydrogen-bond acceptors (Lipinski definition) is 4. The van der Waals surface area contributed by atoms with Gasteiger partial charge >= 0.3 is 0 Å². The van der Waals surface area contributed by atoms with Crippen LogP contribution in [0.15, 0.2) is 0 Å². The molecule has 2 N–H and O–H groups in total. The zero-order valence-electron chi connectivity index (χ0n) is 13.0. The van der Waals surface area contributed by atoms with Crippen LogP contribution in [0.2, 0.25) is 0 Å². The summed E-state index contributed by atoms with van der Waals surface area (Å²) in [6, 6.07) is 0. The molecule has 0 aliphatic carbocycles. The van der Waals surface area contributed by atoms with E-state index in [1.54, 1.807) is 0 Å². The highest BCUT2D eigenvalue weighted by Gasteiger charge is 2.43. The second-order valence-electron chi connectivity index (χ2n) is 6.97. The average Bonchev–Trinajstić information content (AvgIpc) is 3.09. The molecule has 1 saturated heterocycles. The van der Waals surface area contributed by atoms with E-state index in [1.807, 2.05) is 0 Å². The number of nitrogens with one attached hydrogen (secondary N) is 1. The Balaban J connectivity index is 1.97. The van der Waals surface area contributed by atoms with Crippen molar-refractivity contribution in [3.05, 3.63) is 16.7 Å². The molecule has 0 radical (unpaired) electrons. The predicted octanol–water partition coefficient (Wildman–Crippen LogP) is 2.64. The van der Waals surface area contributed by atoms with Crippen molar-refractivity contribution < 1.29 is 14.6 Å². The van der Waals surface area contributed by atoms with Gasteiger partial charge in [0.05, 0.1) is 0 Å². The highest BCUT2D eigenvalue weighted by molar-refractivity contribution is 5.67. The average molecular weight is 289 g/mol. The summed E-state index contributed by atoms with van der Waals surface area (Å²) < 4.78 is 12.0. The van der Waals surface area contributed by atoms with Crippen molar-refractivity contribution in [2.75, 3.05) is 6.54 Å². The molecule has 0 saturated carbocycles. The van der Waals surface area contributed by atoms with E-state index in [4.69, 9.17) is 9.47 Å². The minimum atomic E-state index is -0.0701. The van der Waals surface area contributed by atoms with Gasteiger partial charge in [0.15, 0.2) is 11.5 Å². The molecular formula is C17H23NO3. The standard InChI is InChI=1S/C17H23NO3/c1-9-7-11-13(17(3)5-4-6-18-17)15-12(8-10(2)20-15)14(19)16(11)21-9/h9-10,18-19H,4-8H2,1-3H3. The van der Waals surface area contributed by atoms with Crippen LogP contribution in [0.5, 0.6) is 17.2 Å². The molecule has 3 unspecified atom stereocenters. The van der Waals surface area contributed by atoms with Crippen LogP contribution in [0.3, 0.4) is 0 Å². The van der Waals surface area contributed by atoms with Gasteiger partial charge in [-0.1, -0.05) is 0 Å². The summed E-state index contributed by atoms with van der Waals surface area (Å²) in [5.74, 6) is 1.91. The number of rotatable bonds is 1. The molecule has 3 heterocycles. The van der Waals surface area contributed by atoms with E-state index in [2.05, 4.69) is 26.1 Å². The van der Waals surface area contributed by atoms with E-state index in [9.17, 15) is 5.11 Å². The molecule has 1 fully saturated rings. The normalized spacial score (nSPS) is 33.5. The first-order valence-corrected chi connectivity index (χ1v) is 7.99. The molecule has 4 heteroatoms. The van der Waals surface area contributed by atoms with Crippen LogP contribution in [-0.2, 0) is 18.4 Å². The van der Waals surface area contributed by atoms with Crippen molar-refractivity contribution in [3.8, 4) is 17.2 Å². The summed E-state index contributed by atoms with van der Waals surface area (Å²) in [6.45, 7) is 7.40. The molecule has 3 atom stereocenters. The predicted molar refractivity (Wildman–Crippen MR) is 80.3 cm³/mol. The third-order valence-electron chi connectivity index (χ3n) is 5.12. The Morgan fingerprint density at radius 3 is 2.43 bits per heavy atom. The summed E-state index contributed by atoms with van der Waals surface area (Å²) >= 11 is 0. The van der Waals surface area contributed by atoms with Crippen LogP contribution in [-0.4, -0.2) is 23.9 Å². The van der Waals surface area contributed by atoms with Crippen molar-refractivity contribution in [3.63, 3.8) is 0 Å². The lowest BCUT2D eigenvalue weighted by Crippen LogP contribution is -2.34. The minimum absolute atomic E-state index is 0.0701. The second kappa shape index (κ2) is 4.29. The van der Waals surface area contributed by atoms with E-state index in [0.29, 0.717) is 11.5 Å². The lowest BCUT2D eigenvalue weighted by molar-refractivity contribution is 0.244. The summed E-state index contributed by atoms with van der Waals surface area (Å²) in [5, 5.41) is 14.2. The molecule has 0 amide bonds. The summed E-state index contributed by atoms with van der Waals surface area (Å²) in [4.78, 5) is 0. The number of benzene rings is 1. The maximum atomic E-state index is 10.6. The van der Waals surface area contributed by atoms with Crippen molar-refractivity contribution in [2.24, 2.45) is 0 Å². The third kappa shape index (κ3) is 1.78. The van der Waals surface area contributed by atoms with E-state index in [1.165, 1.54) is 12.0 Å². The van der Waals surface area contributed by atoms with Crippen LogP contribution in [0.25, 0.3) is 0 Å². The molecule has 3 aliphatic heterocycles. The molecule has 114 valence electrons. The molecule has 0 bridgehead atoms. The Labute approximate surface area is 125 Å². The van der Waals surface area contributed by atoms with Gasteiger partial charge in [0.25, 0.3) is 0 Å². The molecule has 1 aromatic carbocycles. The van der Waals surface area contributed by atoms with E-state index >= 15 is 0 Å². The van der Waals surface area contributed by atoms with Crippen molar-refractivity contribution in [1.29, 1.82) is 0 Å². The lowest BCUT2D eigenvalue weighted by atomic mass is 9.83. The molecule has 3 aliphatic rings. The van der Waals surface area contributed by atoms with Crippen LogP contribution >= 0.6 is 0 Å². The third-order valence-corrected chi connectivity index (χ3v) is 5.12. The van der Waals surface area contributed by atoms with Crippen LogP contribution in [0.4, 0.5) is 0 Å². The SMILES string of the molecule is CC1Cc2c(c(O)c3c(c2C2(C)CCCN2)OC(C)C3)O1. The van der Waals surface area contributed by atoms with Crippen LogP contribution in [0, 0.1) is 0 Å². The van der Waals surface area contributed by atoms with Crippen LogP contribution < -0.4 is 14.8 Å². The van der Waals surface area contributed by atoms with Crippen molar-refractivity contribution in [1.82, 2.24) is 5.32 Å². The Kier molecular flexibility index (Phi) is 2.71. The van der Waals surface area contributed by atoms with Gasteiger partial charge in [0.2, 0.25) is 0 Å². The summed E-state index contributed by atoms with van der Waals surface area (Å²) in [7, 11) is 0. The van der Waals surface area contributed by atoms with E-state index in [-0.39, 0.29) is 17.7 Å². The zero-order valence-corrected chi connectivity index (χ0v) is 13.0. The molecule has 4 nitrogen and oxygen atoms in total. The number of phenolic OH excluding ortho intramolecular Hbond substituents is 1. The summed E-state index contributed by atoms with van der Waals surface area (Å²) in [5.41, 5.74) is 3.24. The van der Waals surface area contributed by atoms with Gasteiger partial charge in [0, 0.05) is 35.1 Å². The van der Waals surface area contributed by atoms with Gasteiger partial charge in [-0.2, -0.15) is 0 Å². The lowest BCUT2D eigenvalue weighted by Gasteiger charge is -2.29. The zero-order chi connectivity index (χ0) is 14.8. The smallest absolute Gasteiger partial charge is 0.165 e. The van der Waals surface area contributed by atoms with Gasteiger partial charge in [-0.15, -0.1) is 0 Å². The first-order valence-electron chi connectivity index (χ1n) is 7.99. The maximum Gasteiger partial charge on any atom is 0.165 e. The van der Waals surface area contributed by atoms with Gasteiger partial charge < -0.3 is 19.9 Å². The fraction of sp³-hybridized carbons (Fsp3) is 0.647. The van der Waals surface area contributed by atoms with Crippen LogP contribution in [0.1, 0.15) is 50.3 Å². The first kappa shape index (κ1) is 13.3. The van der Waals surface area contributed by atoms with Gasteiger partial charge in [-0.3, -0.25) is 0 Å². The first-order chi connectivity index (χ1) is 9.99. The number of ether oxygens (including phenoxy) is 2. The molecule has 0 aromatic heterocycles. The molecule has 0 spiro atoms. The van der Waals surface area contributed by atoms with Gasteiger partial charge in [-0.25, -0.2) is 0 Å². The molecule has 4 rings (SSSR count). The highest BCUT2D eigenvalue weighted by atomic mass is 16.5. The van der Waals surface area contributed by atoms with E-state index < -0.39 is 0 Å². The molecular weight excluding hydrogens is 266 g/mol. The quantitative estimate of drug-likeness (QED) is 0.834. The Morgan fingerprint density at radius 2 is 1.76 bits per heavy atom. The number of fused-ring (bicyclic) bond motifs is 2. The Hall–Kier alpha value is -1.42. The largest absolute Gasteiger partial charge is 0.504 e. The number of aromatic hydroxyl groups is 1. The Bertz CT molecular complexity index is 566. The summed E-state index contributed by atoms with van der Waals surface area (Å²) in [6.07, 6.45) is 4.12. The topological polar surface area (TPSA) is 50.7 Å². The number of phenols is 1. The minimum Gasteiger partial charge on any atom is -0.504 e. The van der Waals surface area contributed by atoms with Crippen molar-refractivity contribution in [2.45, 2.75) is 64.2 Å². The maximum absolute atomic E-state index is 10.6. The van der Waals surface area contributed by atoms with E-state index in [0.717, 1.165) is 42.7 Å². The van der Waals surface area contributed by atoms with Gasteiger partial charge in [-0.05, 0) is 40.2 Å². The highest BCUT2D eigenvalue weighted by Crippen LogP contribution is 2.54. The number of hydrogen-bond donors (Lipinski definition) is 2. The molecule has 21 heavy (non-hydrogen) atoms.